The molecule has 0 aromatic heterocycles. The molecule has 1 spiro atoms. The molecular weight excluding hydrogens is 292 g/mol. The summed E-state index contributed by atoms with van der Waals surface area (Å²) in [5.74, 6) is 3.60. The lowest BCUT2D eigenvalue weighted by Crippen LogP contribution is -2.53. The van der Waals surface area contributed by atoms with Crippen LogP contribution in [0.1, 0.15) is 65.2 Å². The highest BCUT2D eigenvalue weighted by molar-refractivity contribution is 5.33. The van der Waals surface area contributed by atoms with E-state index in [1.165, 1.54) is 51.4 Å². The molecule has 5 aliphatic rings. The van der Waals surface area contributed by atoms with E-state index in [1.807, 2.05) is 0 Å². The van der Waals surface area contributed by atoms with E-state index < -0.39 is 0 Å². The number of allylic oxidation sites excluding steroid dienone is 4. The van der Waals surface area contributed by atoms with Gasteiger partial charge >= 0.3 is 0 Å². The molecule has 4 aliphatic carbocycles. The Labute approximate surface area is 147 Å². The normalized spacial score (nSPS) is 49.4. The molecule has 0 N–H and O–H groups in total. The maximum absolute atomic E-state index is 6.43. The highest BCUT2D eigenvalue weighted by Crippen LogP contribution is 2.67. The van der Waals surface area contributed by atoms with Crippen molar-refractivity contribution in [3.63, 3.8) is 0 Å². The fourth-order valence-corrected chi connectivity index (χ4v) is 7.65. The van der Waals surface area contributed by atoms with Crippen LogP contribution in [0, 0.1) is 29.1 Å². The van der Waals surface area contributed by atoms with Crippen LogP contribution >= 0.6 is 0 Å². The maximum Gasteiger partial charge on any atom is 0.0926 e. The van der Waals surface area contributed by atoms with E-state index in [0.29, 0.717) is 5.41 Å². The van der Waals surface area contributed by atoms with Crippen LogP contribution in [0.2, 0.25) is 0 Å². The van der Waals surface area contributed by atoms with Crippen LogP contribution < -0.4 is 0 Å². The third-order valence-corrected chi connectivity index (χ3v) is 8.66. The van der Waals surface area contributed by atoms with Crippen molar-refractivity contribution in [3.05, 3.63) is 35.5 Å². The van der Waals surface area contributed by atoms with Crippen molar-refractivity contribution < 1.29 is 4.74 Å². The lowest BCUT2D eigenvalue weighted by molar-refractivity contribution is -0.119. The summed E-state index contributed by atoms with van der Waals surface area (Å²) < 4.78 is 6.43. The van der Waals surface area contributed by atoms with Crippen LogP contribution in [-0.4, -0.2) is 12.2 Å². The van der Waals surface area contributed by atoms with Crippen LogP contribution in [0.3, 0.4) is 0 Å². The maximum atomic E-state index is 6.43. The molecule has 0 aromatic rings. The topological polar surface area (TPSA) is 9.23 Å². The second kappa shape index (κ2) is 5.34. The zero-order chi connectivity index (χ0) is 16.4. The molecule has 24 heavy (non-hydrogen) atoms. The van der Waals surface area contributed by atoms with Crippen molar-refractivity contribution in [2.75, 3.05) is 6.61 Å². The third-order valence-electron chi connectivity index (χ3n) is 8.66. The molecule has 1 heterocycles. The highest BCUT2D eigenvalue weighted by atomic mass is 16.5. The summed E-state index contributed by atoms with van der Waals surface area (Å²) in [6.45, 7) is 5.60. The van der Waals surface area contributed by atoms with Crippen molar-refractivity contribution in [2.45, 2.75) is 70.8 Å². The molecule has 6 atom stereocenters. The van der Waals surface area contributed by atoms with Crippen molar-refractivity contribution in [3.8, 4) is 0 Å². The lowest BCUT2D eigenvalue weighted by Gasteiger charge is -2.56. The number of fused-ring (bicyclic) bond motifs is 6. The molecule has 1 nitrogen and oxygen atoms in total. The SMILES string of the molecule is CCC12CCC3C4CCC(C)=CC4=CCC3C1CCC21C=CCO1. The Hall–Kier alpha value is -0.820. The first-order chi connectivity index (χ1) is 11.7. The predicted molar refractivity (Wildman–Crippen MR) is 98.7 cm³/mol. The fourth-order valence-electron chi connectivity index (χ4n) is 7.65. The summed E-state index contributed by atoms with van der Waals surface area (Å²) in [5.41, 5.74) is 3.80. The number of ether oxygens (including phenoxy) is 1. The van der Waals surface area contributed by atoms with Gasteiger partial charge in [-0.25, -0.2) is 0 Å². The van der Waals surface area contributed by atoms with Crippen LogP contribution in [0.5, 0.6) is 0 Å². The Morgan fingerprint density at radius 1 is 1.17 bits per heavy atom. The minimum absolute atomic E-state index is 0.0877. The average Bonchev–Trinajstić information content (AvgIpc) is 3.21. The predicted octanol–water partition coefficient (Wildman–Crippen LogP) is 5.83. The van der Waals surface area contributed by atoms with Crippen molar-refractivity contribution in [1.29, 1.82) is 0 Å². The van der Waals surface area contributed by atoms with Crippen LogP contribution in [0.25, 0.3) is 0 Å². The number of hydrogen-bond acceptors (Lipinski definition) is 1. The van der Waals surface area contributed by atoms with Crippen LogP contribution in [0.15, 0.2) is 35.5 Å². The van der Waals surface area contributed by atoms with E-state index in [0.717, 1.165) is 30.3 Å². The molecule has 1 heteroatoms. The van der Waals surface area contributed by atoms with Gasteiger partial charge in [0.2, 0.25) is 0 Å². The Balaban J connectivity index is 1.51. The first kappa shape index (κ1) is 15.4. The van der Waals surface area contributed by atoms with E-state index in [9.17, 15) is 0 Å². The smallest absolute Gasteiger partial charge is 0.0926 e. The van der Waals surface area contributed by atoms with Gasteiger partial charge < -0.3 is 4.74 Å². The number of rotatable bonds is 1. The quantitative estimate of drug-likeness (QED) is 0.551. The van der Waals surface area contributed by atoms with Gasteiger partial charge in [-0.1, -0.05) is 36.8 Å². The third kappa shape index (κ3) is 1.86. The largest absolute Gasteiger partial charge is 0.366 e. The first-order valence-electron chi connectivity index (χ1n) is 10.4. The van der Waals surface area contributed by atoms with E-state index in [-0.39, 0.29) is 5.60 Å². The first-order valence-corrected chi connectivity index (χ1v) is 10.4. The fraction of sp³-hybridized carbons (Fsp3) is 0.739. The molecule has 0 radical (unpaired) electrons. The molecule has 0 aromatic carbocycles. The van der Waals surface area contributed by atoms with Gasteiger partial charge in [-0.2, -0.15) is 0 Å². The van der Waals surface area contributed by atoms with Crippen molar-refractivity contribution in [2.24, 2.45) is 29.1 Å². The van der Waals surface area contributed by atoms with Gasteiger partial charge in [0.05, 0.1) is 12.2 Å². The monoisotopic (exact) mass is 324 g/mol. The summed E-state index contributed by atoms with van der Waals surface area (Å²) in [6.07, 6.45) is 20.7. The van der Waals surface area contributed by atoms with E-state index in [4.69, 9.17) is 4.74 Å². The zero-order valence-electron chi connectivity index (χ0n) is 15.4. The van der Waals surface area contributed by atoms with E-state index in [2.05, 4.69) is 38.2 Å². The van der Waals surface area contributed by atoms with Crippen LogP contribution in [-0.2, 0) is 4.74 Å². The minimum atomic E-state index is 0.0877. The molecule has 6 unspecified atom stereocenters. The molecule has 2 saturated carbocycles. The molecule has 0 bridgehead atoms. The zero-order valence-corrected chi connectivity index (χ0v) is 15.4. The second-order valence-corrected chi connectivity index (χ2v) is 9.20. The second-order valence-electron chi connectivity index (χ2n) is 9.20. The molecule has 5 rings (SSSR count). The van der Waals surface area contributed by atoms with Gasteiger partial charge in [0.25, 0.3) is 0 Å². The molecular formula is C23H32O. The summed E-state index contributed by atoms with van der Waals surface area (Å²) in [4.78, 5) is 0. The Kier molecular flexibility index (Phi) is 3.43. The summed E-state index contributed by atoms with van der Waals surface area (Å²) in [7, 11) is 0. The molecule has 0 amide bonds. The van der Waals surface area contributed by atoms with Gasteiger partial charge in [0.1, 0.15) is 0 Å². The van der Waals surface area contributed by atoms with E-state index >= 15 is 0 Å². The summed E-state index contributed by atoms with van der Waals surface area (Å²) in [5, 5.41) is 0. The van der Waals surface area contributed by atoms with Crippen molar-refractivity contribution >= 4 is 0 Å². The minimum Gasteiger partial charge on any atom is -0.366 e. The molecule has 0 saturated heterocycles. The van der Waals surface area contributed by atoms with Gasteiger partial charge in [-0.3, -0.25) is 0 Å². The summed E-state index contributed by atoms with van der Waals surface area (Å²) in [6, 6.07) is 0. The van der Waals surface area contributed by atoms with Gasteiger partial charge in [-0.05, 0) is 87.5 Å². The van der Waals surface area contributed by atoms with Gasteiger partial charge in [0, 0.05) is 5.41 Å². The van der Waals surface area contributed by atoms with Crippen molar-refractivity contribution in [1.82, 2.24) is 0 Å². The Morgan fingerprint density at radius 2 is 2.08 bits per heavy atom. The van der Waals surface area contributed by atoms with Gasteiger partial charge in [-0.15, -0.1) is 0 Å². The molecule has 2 fully saturated rings. The average molecular weight is 325 g/mol. The van der Waals surface area contributed by atoms with E-state index in [1.54, 1.807) is 11.1 Å². The Bertz CT molecular complexity index is 626. The molecule has 1 aliphatic heterocycles. The summed E-state index contributed by atoms with van der Waals surface area (Å²) >= 11 is 0. The Morgan fingerprint density at radius 3 is 2.88 bits per heavy atom. The lowest BCUT2D eigenvalue weighted by atomic mass is 9.50. The van der Waals surface area contributed by atoms with Gasteiger partial charge in [0.15, 0.2) is 0 Å². The van der Waals surface area contributed by atoms with Crippen LogP contribution in [0.4, 0.5) is 0 Å². The number of hydrogen-bond donors (Lipinski definition) is 0. The molecule has 130 valence electrons. The standard InChI is InChI=1S/C23H32O/c1-3-22-12-9-19-18-7-5-16(2)15-17(18)6-8-20(19)21(22)10-13-23(22)11-4-14-24-23/h4,6,11,15,18-21H,3,5,7-10,12-14H2,1-2H3. The highest BCUT2D eigenvalue weighted by Gasteiger charge is 2.64.